The minimum absolute atomic E-state index is 0.182. The van der Waals surface area contributed by atoms with E-state index in [2.05, 4.69) is 9.97 Å². The summed E-state index contributed by atoms with van der Waals surface area (Å²) in [6.45, 7) is 0. The van der Waals surface area contributed by atoms with Crippen LogP contribution in [0.1, 0.15) is 0 Å². The average molecular weight is 312 g/mol. The number of rotatable bonds is 1. The monoisotopic (exact) mass is 310 g/mol. The van der Waals surface area contributed by atoms with Crippen molar-refractivity contribution in [2.24, 2.45) is 0 Å². The minimum atomic E-state index is -3.53. The van der Waals surface area contributed by atoms with Gasteiger partial charge in [-0.2, -0.15) is 0 Å². The lowest BCUT2D eigenvalue weighted by Crippen LogP contribution is -2.03. The predicted molar refractivity (Wildman–Crippen MR) is 67.7 cm³/mol. The Bertz CT molecular complexity index is 716. The molecule has 1 heterocycles. The van der Waals surface area contributed by atoms with E-state index in [1.54, 1.807) is 0 Å². The van der Waals surface area contributed by atoms with E-state index in [1.165, 1.54) is 12.1 Å². The van der Waals surface area contributed by atoms with Gasteiger partial charge in [0.25, 0.3) is 0 Å². The maximum absolute atomic E-state index is 11.4. The molecule has 0 aliphatic rings. The van der Waals surface area contributed by atoms with Gasteiger partial charge in [0.2, 0.25) is 0 Å². The Labute approximate surface area is 112 Å². The van der Waals surface area contributed by atoms with Crippen LogP contribution in [0.4, 0.5) is 0 Å². The van der Waals surface area contributed by atoms with Gasteiger partial charge in [-0.05, 0) is 12.1 Å². The van der Waals surface area contributed by atoms with Gasteiger partial charge in [0.15, 0.2) is 20.0 Å². The summed E-state index contributed by atoms with van der Waals surface area (Å²) in [6.07, 6.45) is 1.01. The maximum atomic E-state index is 11.4. The number of halogens is 3. The maximum Gasteiger partial charge on any atom is 0.195 e. The second-order valence-electron chi connectivity index (χ2n) is 3.35. The number of hydrogen-bond donors (Lipinski definition) is 0. The van der Waals surface area contributed by atoms with E-state index in [-0.39, 0.29) is 15.2 Å². The quantitative estimate of drug-likeness (QED) is 0.812. The predicted octanol–water partition coefficient (Wildman–Crippen LogP) is 2.99. The number of aromatic nitrogens is 2. The molecule has 2 aromatic rings. The molecule has 0 radical (unpaired) electrons. The largest absolute Gasteiger partial charge is 0.232 e. The van der Waals surface area contributed by atoms with E-state index in [0.29, 0.717) is 16.1 Å². The summed E-state index contributed by atoms with van der Waals surface area (Å²) in [6, 6.07) is 2.92. The van der Waals surface area contributed by atoms with Crippen molar-refractivity contribution < 1.29 is 8.42 Å². The summed E-state index contributed by atoms with van der Waals surface area (Å²) in [5, 5.41) is 0.121. The first-order valence-corrected chi connectivity index (χ1v) is 7.34. The van der Waals surface area contributed by atoms with Gasteiger partial charge in [-0.25, -0.2) is 18.4 Å². The standard InChI is InChI=1S/C9H5Cl3N2O2S/c1-17(15,16)9-8(12)13-6-2-4(10)5(11)3-7(6)14-9/h2-3H,1H3. The van der Waals surface area contributed by atoms with Gasteiger partial charge in [-0.15, -0.1) is 0 Å². The first-order valence-electron chi connectivity index (χ1n) is 4.31. The molecule has 0 fully saturated rings. The SMILES string of the molecule is CS(=O)(=O)c1nc2cc(Cl)c(Cl)cc2nc1Cl. The van der Waals surface area contributed by atoms with Crippen molar-refractivity contribution in [1.29, 1.82) is 0 Å². The Morgan fingerprint density at radius 3 is 1.94 bits per heavy atom. The Balaban J connectivity index is 2.86. The summed E-state index contributed by atoms with van der Waals surface area (Å²) in [7, 11) is -3.53. The molecule has 0 spiro atoms. The number of hydrogen-bond acceptors (Lipinski definition) is 4. The van der Waals surface area contributed by atoms with Crippen molar-refractivity contribution in [3.8, 4) is 0 Å². The number of sulfone groups is 1. The average Bonchev–Trinajstić information content (AvgIpc) is 2.18. The summed E-state index contributed by atoms with van der Waals surface area (Å²) < 4.78 is 22.8. The van der Waals surface area contributed by atoms with Crippen LogP contribution in [0.15, 0.2) is 17.2 Å². The van der Waals surface area contributed by atoms with Crippen molar-refractivity contribution in [2.45, 2.75) is 5.03 Å². The van der Waals surface area contributed by atoms with Crippen LogP contribution in [0.3, 0.4) is 0 Å². The van der Waals surface area contributed by atoms with E-state index >= 15 is 0 Å². The molecule has 17 heavy (non-hydrogen) atoms. The second kappa shape index (κ2) is 4.24. The van der Waals surface area contributed by atoms with Crippen LogP contribution >= 0.6 is 34.8 Å². The molecular weight excluding hydrogens is 307 g/mol. The van der Waals surface area contributed by atoms with Crippen LogP contribution in [0.5, 0.6) is 0 Å². The highest BCUT2D eigenvalue weighted by Crippen LogP contribution is 2.28. The first-order chi connectivity index (χ1) is 7.79. The zero-order chi connectivity index (χ0) is 12.8. The molecule has 0 saturated carbocycles. The topological polar surface area (TPSA) is 59.9 Å². The Kier molecular flexibility index (Phi) is 3.20. The third-order valence-electron chi connectivity index (χ3n) is 1.99. The zero-order valence-corrected chi connectivity index (χ0v) is 11.5. The molecule has 0 aliphatic heterocycles. The highest BCUT2D eigenvalue weighted by molar-refractivity contribution is 7.90. The third kappa shape index (κ3) is 2.47. The highest BCUT2D eigenvalue weighted by atomic mass is 35.5. The fourth-order valence-corrected chi connectivity index (χ4v) is 2.74. The first kappa shape index (κ1) is 12.8. The number of benzene rings is 1. The normalized spacial score (nSPS) is 12.0. The third-order valence-corrected chi connectivity index (χ3v) is 4.07. The van der Waals surface area contributed by atoms with E-state index in [9.17, 15) is 8.42 Å². The molecule has 1 aromatic carbocycles. The van der Waals surface area contributed by atoms with Crippen LogP contribution in [-0.4, -0.2) is 24.6 Å². The fraction of sp³-hybridized carbons (Fsp3) is 0.111. The summed E-state index contributed by atoms with van der Waals surface area (Å²) in [5.41, 5.74) is 0.709. The molecule has 0 saturated heterocycles. The molecule has 0 aliphatic carbocycles. The Morgan fingerprint density at radius 2 is 1.47 bits per heavy atom. The van der Waals surface area contributed by atoms with Gasteiger partial charge in [0.05, 0.1) is 21.1 Å². The van der Waals surface area contributed by atoms with E-state index in [0.717, 1.165) is 6.26 Å². The van der Waals surface area contributed by atoms with Gasteiger partial charge in [-0.3, -0.25) is 0 Å². The number of fused-ring (bicyclic) bond motifs is 1. The molecule has 0 unspecified atom stereocenters. The van der Waals surface area contributed by atoms with Gasteiger partial charge in [-0.1, -0.05) is 34.8 Å². The van der Waals surface area contributed by atoms with E-state index < -0.39 is 9.84 Å². The van der Waals surface area contributed by atoms with E-state index in [4.69, 9.17) is 34.8 Å². The lowest BCUT2D eigenvalue weighted by atomic mass is 10.3. The molecule has 90 valence electrons. The summed E-state index contributed by atoms with van der Waals surface area (Å²) in [4.78, 5) is 7.85. The van der Waals surface area contributed by atoms with Crippen molar-refractivity contribution in [3.63, 3.8) is 0 Å². The Hall–Kier alpha value is -0.620. The van der Waals surface area contributed by atoms with Crippen LogP contribution in [-0.2, 0) is 9.84 Å². The molecule has 1 aromatic heterocycles. The lowest BCUT2D eigenvalue weighted by Gasteiger charge is -2.04. The molecule has 4 nitrogen and oxygen atoms in total. The zero-order valence-electron chi connectivity index (χ0n) is 8.41. The van der Waals surface area contributed by atoms with Gasteiger partial charge in [0, 0.05) is 6.26 Å². The lowest BCUT2D eigenvalue weighted by molar-refractivity contribution is 0.598. The summed E-state index contributed by atoms with van der Waals surface area (Å²) in [5.74, 6) is 0. The van der Waals surface area contributed by atoms with Crippen LogP contribution in [0.25, 0.3) is 11.0 Å². The van der Waals surface area contributed by atoms with Crippen molar-refractivity contribution in [3.05, 3.63) is 27.3 Å². The fourth-order valence-electron chi connectivity index (χ4n) is 1.25. The van der Waals surface area contributed by atoms with E-state index in [1.807, 2.05) is 0 Å². The molecular formula is C9H5Cl3N2O2S. The molecule has 0 N–H and O–H groups in total. The van der Waals surface area contributed by atoms with Crippen LogP contribution in [0.2, 0.25) is 15.2 Å². The van der Waals surface area contributed by atoms with Gasteiger partial charge in [0.1, 0.15) is 0 Å². The Morgan fingerprint density at radius 1 is 1.00 bits per heavy atom. The van der Waals surface area contributed by atoms with Gasteiger partial charge >= 0.3 is 0 Å². The van der Waals surface area contributed by atoms with Crippen molar-refractivity contribution in [2.75, 3.05) is 6.26 Å². The van der Waals surface area contributed by atoms with Gasteiger partial charge < -0.3 is 0 Å². The van der Waals surface area contributed by atoms with Crippen LogP contribution < -0.4 is 0 Å². The molecule has 0 bridgehead atoms. The smallest absolute Gasteiger partial charge is 0.195 e. The minimum Gasteiger partial charge on any atom is -0.232 e. The number of nitrogens with zero attached hydrogens (tertiary/aromatic N) is 2. The molecule has 0 amide bonds. The highest BCUT2D eigenvalue weighted by Gasteiger charge is 2.17. The molecule has 8 heteroatoms. The van der Waals surface area contributed by atoms with Crippen molar-refractivity contribution in [1.82, 2.24) is 9.97 Å². The van der Waals surface area contributed by atoms with Crippen LogP contribution in [0, 0.1) is 0 Å². The summed E-state index contributed by atoms with van der Waals surface area (Å²) >= 11 is 17.4. The molecule has 0 atom stereocenters. The van der Waals surface area contributed by atoms with Crippen molar-refractivity contribution >= 4 is 55.7 Å². The molecule has 2 rings (SSSR count). The second-order valence-corrected chi connectivity index (χ2v) is 6.45.